The summed E-state index contributed by atoms with van der Waals surface area (Å²) in [5.74, 6) is 0.298. The van der Waals surface area contributed by atoms with Crippen LogP contribution in [0.15, 0.2) is 48.1 Å². The second-order valence-electron chi connectivity index (χ2n) is 8.01. The lowest BCUT2D eigenvalue weighted by molar-refractivity contribution is 0.0941. The van der Waals surface area contributed by atoms with Crippen molar-refractivity contribution in [3.8, 4) is 0 Å². The minimum atomic E-state index is -3.20. The fourth-order valence-corrected chi connectivity index (χ4v) is 5.49. The number of hydrogen-bond acceptors (Lipinski definition) is 6. The van der Waals surface area contributed by atoms with Crippen LogP contribution in [-0.2, 0) is 9.84 Å². The second kappa shape index (κ2) is 8.96. The topological polar surface area (TPSA) is 92.3 Å². The van der Waals surface area contributed by atoms with Crippen molar-refractivity contribution in [1.29, 1.82) is 0 Å². The molecular weight excluding hydrogens is 436 g/mol. The standard InChI is InChI=1S/C22H25ClN4O3S/c1-15(10-12-31(29,30)16-8-9-16)26-22(28)19-13-25-21(14-24-19)27-11-4-7-20(27)17-5-2-3-6-18(17)23/h2-3,5-6,10,12-16,20H,4,7-9,11H2,1H3,(H,26,28)/b12-10+/t15-,20+/m1/s1. The molecule has 164 valence electrons. The first-order chi connectivity index (χ1) is 14.8. The van der Waals surface area contributed by atoms with E-state index in [2.05, 4.69) is 20.2 Å². The number of nitrogens with zero attached hydrogens (tertiary/aromatic N) is 3. The van der Waals surface area contributed by atoms with Crippen molar-refractivity contribution in [3.05, 3.63) is 64.4 Å². The zero-order valence-corrected chi connectivity index (χ0v) is 18.8. The van der Waals surface area contributed by atoms with Crippen molar-refractivity contribution in [2.75, 3.05) is 11.4 Å². The quantitative estimate of drug-likeness (QED) is 0.677. The molecule has 0 radical (unpaired) electrons. The highest BCUT2D eigenvalue weighted by Crippen LogP contribution is 2.37. The first kappa shape index (κ1) is 21.8. The molecule has 1 amide bonds. The molecule has 0 unspecified atom stereocenters. The maximum atomic E-state index is 12.5. The number of aromatic nitrogens is 2. The number of carbonyl (C=O) groups is 1. The predicted molar refractivity (Wildman–Crippen MR) is 121 cm³/mol. The van der Waals surface area contributed by atoms with E-state index in [0.717, 1.165) is 30.0 Å². The van der Waals surface area contributed by atoms with Crippen molar-refractivity contribution in [2.24, 2.45) is 0 Å². The Morgan fingerprint density at radius 2 is 2.00 bits per heavy atom. The summed E-state index contributed by atoms with van der Waals surface area (Å²) >= 11 is 6.39. The molecule has 31 heavy (non-hydrogen) atoms. The SMILES string of the molecule is C[C@H](/C=C/S(=O)(=O)C1CC1)NC(=O)c1cnc(N2CCC[C@H]2c2ccccc2Cl)cn1. The molecule has 2 heterocycles. The lowest BCUT2D eigenvalue weighted by atomic mass is 10.0. The summed E-state index contributed by atoms with van der Waals surface area (Å²) < 4.78 is 23.9. The van der Waals surface area contributed by atoms with Crippen molar-refractivity contribution < 1.29 is 13.2 Å². The number of carbonyl (C=O) groups excluding carboxylic acids is 1. The Morgan fingerprint density at radius 3 is 2.68 bits per heavy atom. The Bertz CT molecular complexity index is 1080. The Kier molecular flexibility index (Phi) is 6.29. The lowest BCUT2D eigenvalue weighted by Gasteiger charge is -2.26. The highest BCUT2D eigenvalue weighted by Gasteiger charge is 2.33. The average Bonchev–Trinajstić information content (AvgIpc) is 3.52. The van der Waals surface area contributed by atoms with E-state index in [0.29, 0.717) is 18.7 Å². The molecule has 0 spiro atoms. The molecule has 4 rings (SSSR count). The molecule has 1 saturated carbocycles. The predicted octanol–water partition coefficient (Wildman–Crippen LogP) is 3.68. The summed E-state index contributed by atoms with van der Waals surface area (Å²) in [5, 5.41) is 4.41. The number of sulfone groups is 1. The van der Waals surface area contributed by atoms with Gasteiger partial charge in [-0.1, -0.05) is 35.9 Å². The number of nitrogens with one attached hydrogen (secondary N) is 1. The highest BCUT2D eigenvalue weighted by molar-refractivity contribution is 7.95. The van der Waals surface area contributed by atoms with Crippen LogP contribution >= 0.6 is 11.6 Å². The van der Waals surface area contributed by atoms with Crippen LogP contribution in [0.2, 0.25) is 5.02 Å². The summed E-state index contributed by atoms with van der Waals surface area (Å²) in [7, 11) is -3.20. The first-order valence-electron chi connectivity index (χ1n) is 10.4. The van der Waals surface area contributed by atoms with E-state index in [-0.39, 0.29) is 17.0 Å². The third kappa shape index (κ3) is 5.07. The molecule has 0 bridgehead atoms. The summed E-state index contributed by atoms with van der Waals surface area (Å²) in [5.41, 5.74) is 1.24. The Morgan fingerprint density at radius 1 is 1.23 bits per heavy atom. The monoisotopic (exact) mass is 460 g/mol. The van der Waals surface area contributed by atoms with Gasteiger partial charge in [-0.25, -0.2) is 18.4 Å². The van der Waals surface area contributed by atoms with Crippen LogP contribution in [0.1, 0.15) is 54.7 Å². The van der Waals surface area contributed by atoms with Gasteiger partial charge in [0.25, 0.3) is 5.91 Å². The zero-order chi connectivity index (χ0) is 22.0. The molecule has 1 aromatic carbocycles. The average molecular weight is 461 g/mol. The number of anilines is 1. The molecule has 2 aromatic rings. The normalized spacial score (nSPS) is 20.2. The number of benzene rings is 1. The van der Waals surface area contributed by atoms with Gasteiger partial charge in [-0.3, -0.25) is 4.79 Å². The second-order valence-corrected chi connectivity index (χ2v) is 10.5. The van der Waals surface area contributed by atoms with Gasteiger partial charge < -0.3 is 10.2 Å². The molecule has 9 heteroatoms. The molecule has 2 aliphatic rings. The molecule has 1 saturated heterocycles. The molecule has 1 aliphatic heterocycles. The van der Waals surface area contributed by atoms with E-state index in [1.165, 1.54) is 17.7 Å². The van der Waals surface area contributed by atoms with Crippen LogP contribution in [0.3, 0.4) is 0 Å². The molecule has 2 fully saturated rings. The maximum absolute atomic E-state index is 12.5. The van der Waals surface area contributed by atoms with Crippen LogP contribution in [-0.4, -0.2) is 42.1 Å². The van der Waals surface area contributed by atoms with Crippen LogP contribution in [0, 0.1) is 0 Å². The van der Waals surface area contributed by atoms with Gasteiger partial charge in [0.15, 0.2) is 9.84 Å². The fraction of sp³-hybridized carbons (Fsp3) is 0.409. The van der Waals surface area contributed by atoms with Gasteiger partial charge in [0, 0.05) is 23.0 Å². The van der Waals surface area contributed by atoms with E-state index in [1.54, 1.807) is 13.1 Å². The van der Waals surface area contributed by atoms with Gasteiger partial charge in [0.2, 0.25) is 0 Å². The molecule has 1 aromatic heterocycles. The Hall–Kier alpha value is -2.45. The molecule has 2 atom stereocenters. The van der Waals surface area contributed by atoms with Crippen LogP contribution in [0.4, 0.5) is 5.82 Å². The van der Waals surface area contributed by atoms with Gasteiger partial charge in [0.1, 0.15) is 11.5 Å². The maximum Gasteiger partial charge on any atom is 0.271 e. The first-order valence-corrected chi connectivity index (χ1v) is 12.4. The number of rotatable bonds is 7. The third-order valence-electron chi connectivity index (χ3n) is 5.59. The van der Waals surface area contributed by atoms with Crippen LogP contribution in [0.5, 0.6) is 0 Å². The molecule has 7 nitrogen and oxygen atoms in total. The van der Waals surface area contributed by atoms with E-state index in [9.17, 15) is 13.2 Å². The van der Waals surface area contributed by atoms with E-state index < -0.39 is 21.8 Å². The number of hydrogen-bond donors (Lipinski definition) is 1. The smallest absolute Gasteiger partial charge is 0.271 e. The van der Waals surface area contributed by atoms with Crippen LogP contribution < -0.4 is 10.2 Å². The van der Waals surface area contributed by atoms with Crippen LogP contribution in [0.25, 0.3) is 0 Å². The number of amides is 1. The zero-order valence-electron chi connectivity index (χ0n) is 17.2. The van der Waals surface area contributed by atoms with E-state index in [4.69, 9.17) is 11.6 Å². The minimum Gasteiger partial charge on any atom is -0.348 e. The van der Waals surface area contributed by atoms with Crippen molar-refractivity contribution in [1.82, 2.24) is 15.3 Å². The number of halogens is 1. The molecular formula is C22H25ClN4O3S. The third-order valence-corrected chi connectivity index (χ3v) is 7.87. The summed E-state index contributed by atoms with van der Waals surface area (Å²) in [4.78, 5) is 23.4. The largest absolute Gasteiger partial charge is 0.348 e. The Balaban J connectivity index is 1.41. The molecule has 1 N–H and O–H groups in total. The van der Waals surface area contributed by atoms with Gasteiger partial charge in [-0.05, 0) is 44.2 Å². The minimum absolute atomic E-state index is 0.126. The lowest BCUT2D eigenvalue weighted by Crippen LogP contribution is -2.32. The summed E-state index contributed by atoms with van der Waals surface area (Å²) in [6, 6.07) is 7.49. The van der Waals surface area contributed by atoms with Gasteiger partial charge in [0.05, 0.1) is 23.7 Å². The summed E-state index contributed by atoms with van der Waals surface area (Å²) in [6.45, 7) is 2.56. The van der Waals surface area contributed by atoms with Gasteiger partial charge >= 0.3 is 0 Å². The highest BCUT2D eigenvalue weighted by atomic mass is 35.5. The molecule has 1 aliphatic carbocycles. The van der Waals surface area contributed by atoms with Crippen molar-refractivity contribution in [2.45, 2.75) is 49.9 Å². The summed E-state index contributed by atoms with van der Waals surface area (Å²) in [6.07, 6.45) is 7.96. The Labute approximate surface area is 187 Å². The van der Waals surface area contributed by atoms with Crippen molar-refractivity contribution in [3.63, 3.8) is 0 Å². The van der Waals surface area contributed by atoms with Gasteiger partial charge in [-0.2, -0.15) is 0 Å². The van der Waals surface area contributed by atoms with E-state index >= 15 is 0 Å². The van der Waals surface area contributed by atoms with E-state index in [1.807, 2.05) is 24.3 Å². The van der Waals surface area contributed by atoms with Gasteiger partial charge in [-0.15, -0.1) is 0 Å². The van der Waals surface area contributed by atoms with Crippen molar-refractivity contribution >= 4 is 33.2 Å². The fourth-order valence-electron chi connectivity index (χ4n) is 3.76.